The molecule has 4 nitrogen and oxygen atoms in total. The van der Waals surface area contributed by atoms with E-state index in [-0.39, 0.29) is 11.9 Å². The van der Waals surface area contributed by atoms with E-state index in [2.05, 4.69) is 83.0 Å². The highest BCUT2D eigenvalue weighted by Gasteiger charge is 2.24. The molecule has 0 unspecified atom stereocenters. The van der Waals surface area contributed by atoms with Gasteiger partial charge < -0.3 is 9.88 Å². The molecule has 0 radical (unpaired) electrons. The number of pyridine rings is 1. The molecule has 0 aliphatic heterocycles. The van der Waals surface area contributed by atoms with Crippen LogP contribution in [0.2, 0.25) is 0 Å². The molecule has 4 rings (SSSR count). The minimum Gasteiger partial charge on any atom is -0.341 e. The number of carbonyl (C=O) groups is 1. The molecule has 0 fully saturated rings. The monoisotopic (exact) mass is 386 g/mol. The molecule has 0 aliphatic rings. The molecular formula is C25H28N3O+. The summed E-state index contributed by atoms with van der Waals surface area (Å²) >= 11 is 0. The standard InChI is InChI=1S/C25H27N3O/c1-5-19-12-11-17(3)28(16-19)18(4)25(29)26-20-13-14-24-22(15-20)21-9-7-8-10-23(21)27(24)6-2/h7-16,18H,5-6H2,1-4H3/p+1/t18-/m0/s1. The average molecular weight is 387 g/mol. The molecule has 0 spiro atoms. The Hall–Kier alpha value is -3.14. The van der Waals surface area contributed by atoms with Crippen LogP contribution in [0.15, 0.2) is 60.8 Å². The predicted octanol–water partition coefficient (Wildman–Crippen LogP) is 5.17. The van der Waals surface area contributed by atoms with Gasteiger partial charge in [-0.2, -0.15) is 4.57 Å². The Bertz CT molecular complexity index is 1210. The van der Waals surface area contributed by atoms with Crippen LogP contribution < -0.4 is 9.88 Å². The maximum Gasteiger partial charge on any atom is 0.293 e. The summed E-state index contributed by atoms with van der Waals surface area (Å²) in [4.78, 5) is 13.0. The normalized spacial score (nSPS) is 12.4. The maximum atomic E-state index is 13.0. The summed E-state index contributed by atoms with van der Waals surface area (Å²) in [6.07, 6.45) is 3.03. The lowest BCUT2D eigenvalue weighted by atomic mass is 10.1. The Balaban J connectivity index is 1.67. The Morgan fingerprint density at radius 2 is 1.79 bits per heavy atom. The third kappa shape index (κ3) is 3.39. The van der Waals surface area contributed by atoms with Gasteiger partial charge >= 0.3 is 0 Å². The van der Waals surface area contributed by atoms with Gasteiger partial charge in [0.2, 0.25) is 6.04 Å². The summed E-state index contributed by atoms with van der Waals surface area (Å²) in [6, 6.07) is 18.5. The second-order valence-corrected chi connectivity index (χ2v) is 7.60. The number of fused-ring (bicyclic) bond motifs is 3. The topological polar surface area (TPSA) is 37.9 Å². The minimum atomic E-state index is -0.283. The number of aromatic nitrogens is 2. The first-order chi connectivity index (χ1) is 14.0. The third-order valence-electron chi connectivity index (χ3n) is 5.81. The van der Waals surface area contributed by atoms with Crippen LogP contribution in [0.1, 0.15) is 38.1 Å². The molecule has 148 valence electrons. The van der Waals surface area contributed by atoms with E-state index in [0.717, 1.165) is 24.3 Å². The molecular weight excluding hydrogens is 358 g/mol. The number of nitrogens with one attached hydrogen (secondary N) is 1. The lowest BCUT2D eigenvalue weighted by molar-refractivity contribution is -0.711. The van der Waals surface area contributed by atoms with Crippen molar-refractivity contribution in [2.75, 3.05) is 5.32 Å². The van der Waals surface area contributed by atoms with E-state index in [0.29, 0.717) is 0 Å². The Labute approximate surface area is 171 Å². The number of hydrogen-bond acceptors (Lipinski definition) is 1. The van der Waals surface area contributed by atoms with Crippen LogP contribution in [0.3, 0.4) is 0 Å². The molecule has 1 amide bonds. The van der Waals surface area contributed by atoms with E-state index in [9.17, 15) is 4.79 Å². The summed E-state index contributed by atoms with van der Waals surface area (Å²) in [5.74, 6) is -0.00932. The van der Waals surface area contributed by atoms with Gasteiger partial charge in [-0.3, -0.25) is 4.79 Å². The summed E-state index contributed by atoms with van der Waals surface area (Å²) in [5, 5.41) is 5.51. The predicted molar refractivity (Wildman–Crippen MR) is 119 cm³/mol. The number of hydrogen-bond donors (Lipinski definition) is 1. The van der Waals surface area contributed by atoms with Crippen molar-refractivity contribution in [2.24, 2.45) is 0 Å². The average Bonchev–Trinajstić information content (AvgIpc) is 3.06. The Morgan fingerprint density at radius 3 is 2.55 bits per heavy atom. The van der Waals surface area contributed by atoms with Crippen molar-refractivity contribution >= 4 is 33.4 Å². The second kappa shape index (κ2) is 7.70. The van der Waals surface area contributed by atoms with E-state index in [1.807, 2.05) is 19.9 Å². The van der Waals surface area contributed by atoms with Crippen LogP contribution >= 0.6 is 0 Å². The van der Waals surface area contributed by atoms with Gasteiger partial charge in [0, 0.05) is 59.5 Å². The summed E-state index contributed by atoms with van der Waals surface area (Å²) in [6.45, 7) is 9.18. The fourth-order valence-electron chi connectivity index (χ4n) is 4.11. The lowest BCUT2D eigenvalue weighted by Gasteiger charge is -2.12. The van der Waals surface area contributed by atoms with Gasteiger partial charge in [0.05, 0.1) is 0 Å². The first-order valence-corrected chi connectivity index (χ1v) is 10.4. The van der Waals surface area contributed by atoms with Crippen molar-refractivity contribution in [1.29, 1.82) is 0 Å². The SMILES string of the molecule is CCc1ccc(C)[n+]([C@@H](C)C(=O)Nc2ccc3c(c2)c2ccccc2n3CC)c1. The highest BCUT2D eigenvalue weighted by atomic mass is 16.2. The van der Waals surface area contributed by atoms with E-state index in [4.69, 9.17) is 0 Å². The van der Waals surface area contributed by atoms with Crippen molar-refractivity contribution in [2.45, 2.75) is 46.7 Å². The van der Waals surface area contributed by atoms with Crippen LogP contribution in [0, 0.1) is 6.92 Å². The van der Waals surface area contributed by atoms with Crippen molar-refractivity contribution in [3.63, 3.8) is 0 Å². The van der Waals surface area contributed by atoms with Crippen molar-refractivity contribution < 1.29 is 9.36 Å². The zero-order valence-electron chi connectivity index (χ0n) is 17.6. The molecule has 0 bridgehead atoms. The fraction of sp³-hybridized carbons (Fsp3) is 0.280. The summed E-state index contributed by atoms with van der Waals surface area (Å²) in [7, 11) is 0. The molecule has 0 saturated carbocycles. The van der Waals surface area contributed by atoms with E-state index < -0.39 is 0 Å². The van der Waals surface area contributed by atoms with Crippen molar-refractivity contribution in [1.82, 2.24) is 4.57 Å². The molecule has 0 saturated heterocycles. The number of rotatable bonds is 5. The molecule has 4 aromatic rings. The smallest absolute Gasteiger partial charge is 0.293 e. The number of carbonyl (C=O) groups excluding carboxylic acids is 1. The van der Waals surface area contributed by atoms with Crippen LogP contribution in [0.4, 0.5) is 5.69 Å². The van der Waals surface area contributed by atoms with E-state index in [1.165, 1.54) is 27.4 Å². The quantitative estimate of drug-likeness (QED) is 0.472. The van der Waals surface area contributed by atoms with Gasteiger partial charge in [-0.25, -0.2) is 0 Å². The number of nitrogens with zero attached hydrogens (tertiary/aromatic N) is 2. The lowest BCUT2D eigenvalue weighted by Crippen LogP contribution is -2.47. The third-order valence-corrected chi connectivity index (χ3v) is 5.81. The van der Waals surface area contributed by atoms with Gasteiger partial charge in [-0.05, 0) is 43.7 Å². The van der Waals surface area contributed by atoms with Gasteiger partial charge in [0.25, 0.3) is 5.91 Å². The molecule has 4 heteroatoms. The molecule has 1 atom stereocenters. The molecule has 29 heavy (non-hydrogen) atoms. The molecule has 2 aromatic heterocycles. The largest absolute Gasteiger partial charge is 0.341 e. The number of aryl methyl sites for hydroxylation is 3. The van der Waals surface area contributed by atoms with E-state index >= 15 is 0 Å². The zero-order chi connectivity index (χ0) is 20.5. The minimum absolute atomic E-state index is 0.00932. The number of para-hydroxylation sites is 1. The summed E-state index contributed by atoms with van der Waals surface area (Å²) in [5.41, 5.74) is 5.55. The Morgan fingerprint density at radius 1 is 1.03 bits per heavy atom. The first-order valence-electron chi connectivity index (χ1n) is 10.4. The first kappa shape index (κ1) is 19.2. The van der Waals surface area contributed by atoms with Crippen molar-refractivity contribution in [3.05, 3.63) is 72.1 Å². The Kier molecular flexibility index (Phi) is 5.10. The zero-order valence-corrected chi connectivity index (χ0v) is 17.6. The maximum absolute atomic E-state index is 13.0. The second-order valence-electron chi connectivity index (χ2n) is 7.60. The fourth-order valence-corrected chi connectivity index (χ4v) is 4.11. The van der Waals surface area contributed by atoms with Gasteiger partial charge in [-0.1, -0.05) is 25.1 Å². The van der Waals surface area contributed by atoms with Gasteiger partial charge in [0.15, 0.2) is 11.9 Å². The highest BCUT2D eigenvalue weighted by Crippen LogP contribution is 2.31. The van der Waals surface area contributed by atoms with Crippen molar-refractivity contribution in [3.8, 4) is 0 Å². The van der Waals surface area contributed by atoms with Crippen LogP contribution in [-0.4, -0.2) is 10.5 Å². The van der Waals surface area contributed by atoms with Crippen LogP contribution in [0.5, 0.6) is 0 Å². The molecule has 1 N–H and O–H groups in total. The van der Waals surface area contributed by atoms with Gasteiger partial charge in [0.1, 0.15) is 0 Å². The van der Waals surface area contributed by atoms with Crippen LogP contribution in [0.25, 0.3) is 21.8 Å². The van der Waals surface area contributed by atoms with E-state index in [1.54, 1.807) is 0 Å². The van der Waals surface area contributed by atoms with Gasteiger partial charge in [-0.15, -0.1) is 0 Å². The number of anilines is 1. The highest BCUT2D eigenvalue weighted by molar-refractivity contribution is 6.09. The molecule has 2 heterocycles. The summed E-state index contributed by atoms with van der Waals surface area (Å²) < 4.78 is 4.37. The molecule has 2 aromatic carbocycles. The number of amides is 1. The molecule has 0 aliphatic carbocycles. The van der Waals surface area contributed by atoms with Crippen LogP contribution in [-0.2, 0) is 17.8 Å². The number of benzene rings is 2.